The number of carbonyl (C=O) groups is 2. The zero-order valence-electron chi connectivity index (χ0n) is 13.1. The fraction of sp³-hybridized carbons (Fsp3) is 0.438. The lowest BCUT2D eigenvalue weighted by Crippen LogP contribution is -2.55. The van der Waals surface area contributed by atoms with Crippen molar-refractivity contribution in [2.24, 2.45) is 0 Å². The van der Waals surface area contributed by atoms with Gasteiger partial charge in [-0.25, -0.2) is 4.98 Å². The first-order valence-electron chi connectivity index (χ1n) is 7.10. The molecular weight excluding hydrogens is 304 g/mol. The summed E-state index contributed by atoms with van der Waals surface area (Å²) in [6.45, 7) is 7.04. The maximum Gasteiger partial charge on any atom is 0.261 e. The highest BCUT2D eigenvalue weighted by Crippen LogP contribution is 2.31. The standard InChI is InChI=1S/C16H19ClN2O3/c1-5-12(20)16(3,4)19-9-22-10(2)14(15(19)21)11-6-7-18-13(17)8-11/h6-8H,5,9H2,1-4H3. The van der Waals surface area contributed by atoms with Crippen molar-refractivity contribution < 1.29 is 14.3 Å². The van der Waals surface area contributed by atoms with Crippen molar-refractivity contribution in [2.75, 3.05) is 6.73 Å². The molecule has 0 unspecified atom stereocenters. The van der Waals surface area contributed by atoms with E-state index in [0.29, 0.717) is 28.5 Å². The Morgan fingerprint density at radius 1 is 1.50 bits per heavy atom. The van der Waals surface area contributed by atoms with Crippen LogP contribution < -0.4 is 0 Å². The number of halogens is 1. The van der Waals surface area contributed by atoms with Gasteiger partial charge in [0.25, 0.3) is 5.91 Å². The number of nitrogens with zero attached hydrogens (tertiary/aromatic N) is 2. The number of carbonyl (C=O) groups excluding carboxylic acids is 2. The minimum atomic E-state index is -0.922. The van der Waals surface area contributed by atoms with Crippen molar-refractivity contribution in [1.82, 2.24) is 9.88 Å². The van der Waals surface area contributed by atoms with Crippen LogP contribution in [0.5, 0.6) is 0 Å². The molecule has 2 heterocycles. The Balaban J connectivity index is 2.44. The summed E-state index contributed by atoms with van der Waals surface area (Å²) in [6, 6.07) is 3.31. The van der Waals surface area contributed by atoms with Crippen molar-refractivity contribution in [2.45, 2.75) is 39.7 Å². The average molecular weight is 323 g/mol. The molecule has 0 saturated carbocycles. The van der Waals surface area contributed by atoms with Gasteiger partial charge in [0.15, 0.2) is 12.5 Å². The second kappa shape index (κ2) is 6.08. The number of ether oxygens (including phenoxy) is 1. The number of aromatic nitrogens is 1. The molecule has 1 aromatic rings. The number of allylic oxidation sites excluding steroid dienone is 1. The smallest absolute Gasteiger partial charge is 0.261 e. The van der Waals surface area contributed by atoms with Crippen LogP contribution in [-0.2, 0) is 14.3 Å². The van der Waals surface area contributed by atoms with Crippen molar-refractivity contribution in [3.8, 4) is 0 Å². The first-order valence-corrected chi connectivity index (χ1v) is 7.47. The van der Waals surface area contributed by atoms with Crippen molar-refractivity contribution in [3.63, 3.8) is 0 Å². The van der Waals surface area contributed by atoms with Crippen LogP contribution in [0.4, 0.5) is 0 Å². The third kappa shape index (κ3) is 2.86. The molecule has 5 nitrogen and oxygen atoms in total. The minimum absolute atomic E-state index is 0.0175. The van der Waals surface area contributed by atoms with E-state index in [1.807, 2.05) is 0 Å². The molecule has 0 N–H and O–H groups in total. The molecule has 0 fully saturated rings. The Morgan fingerprint density at radius 3 is 2.77 bits per heavy atom. The van der Waals surface area contributed by atoms with E-state index in [9.17, 15) is 9.59 Å². The summed E-state index contributed by atoms with van der Waals surface area (Å²) < 4.78 is 5.62. The zero-order valence-corrected chi connectivity index (χ0v) is 13.9. The summed E-state index contributed by atoms with van der Waals surface area (Å²) in [5.74, 6) is 0.261. The molecule has 0 saturated heterocycles. The lowest BCUT2D eigenvalue weighted by atomic mass is 9.92. The number of hydrogen-bond donors (Lipinski definition) is 0. The SMILES string of the molecule is CCC(=O)C(C)(C)N1COC(C)=C(c2ccnc(Cl)c2)C1=O. The van der Waals surface area contributed by atoms with E-state index in [2.05, 4.69) is 4.98 Å². The molecule has 22 heavy (non-hydrogen) atoms. The Bertz CT molecular complexity index is 653. The summed E-state index contributed by atoms with van der Waals surface area (Å²) in [7, 11) is 0. The second-order valence-corrected chi connectivity index (χ2v) is 6.03. The summed E-state index contributed by atoms with van der Waals surface area (Å²) in [5, 5.41) is 0.298. The van der Waals surface area contributed by atoms with E-state index in [4.69, 9.17) is 16.3 Å². The molecule has 0 spiro atoms. The third-order valence-electron chi connectivity index (χ3n) is 3.91. The maximum atomic E-state index is 12.9. The number of Topliss-reactive ketones (excluding diaryl/α,β-unsaturated/α-hetero) is 1. The van der Waals surface area contributed by atoms with Gasteiger partial charge in [0.1, 0.15) is 10.9 Å². The topological polar surface area (TPSA) is 59.5 Å². The van der Waals surface area contributed by atoms with Crippen LogP contribution in [0.15, 0.2) is 24.1 Å². The molecule has 0 atom stereocenters. The van der Waals surface area contributed by atoms with Crippen LogP contribution in [0, 0.1) is 0 Å². The molecule has 1 aliphatic rings. The lowest BCUT2D eigenvalue weighted by molar-refractivity contribution is -0.148. The molecule has 0 bridgehead atoms. The van der Waals surface area contributed by atoms with Crippen LogP contribution in [0.2, 0.25) is 5.15 Å². The molecule has 6 heteroatoms. The number of rotatable bonds is 4. The van der Waals surface area contributed by atoms with E-state index in [1.165, 1.54) is 11.1 Å². The van der Waals surface area contributed by atoms with Gasteiger partial charge in [-0.05, 0) is 38.5 Å². The van der Waals surface area contributed by atoms with Crippen LogP contribution >= 0.6 is 11.6 Å². The molecular formula is C16H19ClN2O3. The van der Waals surface area contributed by atoms with E-state index in [-0.39, 0.29) is 18.4 Å². The first kappa shape index (κ1) is 16.5. The second-order valence-electron chi connectivity index (χ2n) is 5.64. The van der Waals surface area contributed by atoms with Gasteiger partial charge in [-0.3, -0.25) is 14.5 Å². The molecule has 0 aliphatic carbocycles. The van der Waals surface area contributed by atoms with Gasteiger partial charge >= 0.3 is 0 Å². The zero-order chi connectivity index (χ0) is 16.5. The average Bonchev–Trinajstić information content (AvgIpc) is 2.46. The number of pyridine rings is 1. The summed E-state index contributed by atoms with van der Waals surface area (Å²) in [4.78, 5) is 30.4. The first-order chi connectivity index (χ1) is 10.3. The van der Waals surface area contributed by atoms with Gasteiger partial charge in [0.2, 0.25) is 0 Å². The van der Waals surface area contributed by atoms with Crippen LogP contribution in [0.1, 0.15) is 39.7 Å². The Morgan fingerprint density at radius 2 is 2.18 bits per heavy atom. The van der Waals surface area contributed by atoms with Gasteiger partial charge in [0.05, 0.1) is 11.1 Å². The van der Waals surface area contributed by atoms with E-state index in [0.717, 1.165) is 0 Å². The van der Waals surface area contributed by atoms with E-state index >= 15 is 0 Å². The Hall–Kier alpha value is -1.88. The van der Waals surface area contributed by atoms with E-state index in [1.54, 1.807) is 39.8 Å². The molecule has 1 aromatic heterocycles. The highest BCUT2D eigenvalue weighted by molar-refractivity contribution is 6.30. The van der Waals surface area contributed by atoms with Gasteiger partial charge in [-0.2, -0.15) is 0 Å². The molecule has 0 aromatic carbocycles. The van der Waals surface area contributed by atoms with Crippen LogP contribution in [0.25, 0.3) is 5.57 Å². The third-order valence-corrected chi connectivity index (χ3v) is 4.12. The minimum Gasteiger partial charge on any atom is -0.477 e. The largest absolute Gasteiger partial charge is 0.477 e. The predicted molar refractivity (Wildman–Crippen MR) is 84.0 cm³/mol. The highest BCUT2D eigenvalue weighted by Gasteiger charge is 2.41. The van der Waals surface area contributed by atoms with Gasteiger partial charge < -0.3 is 4.74 Å². The Kier molecular flexibility index (Phi) is 4.56. The molecule has 2 rings (SSSR count). The highest BCUT2D eigenvalue weighted by atomic mass is 35.5. The molecule has 118 valence electrons. The van der Waals surface area contributed by atoms with Gasteiger partial charge in [0, 0.05) is 12.6 Å². The fourth-order valence-electron chi connectivity index (χ4n) is 2.46. The maximum absolute atomic E-state index is 12.9. The summed E-state index contributed by atoms with van der Waals surface area (Å²) in [6.07, 6.45) is 1.89. The van der Waals surface area contributed by atoms with Crippen molar-refractivity contribution in [1.29, 1.82) is 0 Å². The van der Waals surface area contributed by atoms with Crippen LogP contribution in [0.3, 0.4) is 0 Å². The molecule has 0 radical (unpaired) electrons. The van der Waals surface area contributed by atoms with Crippen molar-refractivity contribution in [3.05, 3.63) is 34.8 Å². The quantitative estimate of drug-likeness (QED) is 0.799. The van der Waals surface area contributed by atoms with Crippen molar-refractivity contribution >= 4 is 28.9 Å². The normalized spacial score (nSPS) is 15.9. The van der Waals surface area contributed by atoms with Gasteiger partial charge in [-0.1, -0.05) is 18.5 Å². The summed E-state index contributed by atoms with van der Waals surface area (Å²) >= 11 is 5.91. The van der Waals surface area contributed by atoms with Crippen LogP contribution in [-0.4, -0.2) is 33.8 Å². The number of ketones is 1. The Labute approximate surface area is 134 Å². The molecule has 1 aliphatic heterocycles. The fourth-order valence-corrected chi connectivity index (χ4v) is 2.63. The molecule has 1 amide bonds. The van der Waals surface area contributed by atoms with E-state index < -0.39 is 5.54 Å². The predicted octanol–water partition coefficient (Wildman–Crippen LogP) is 3.04. The monoisotopic (exact) mass is 322 g/mol. The number of hydrogen-bond acceptors (Lipinski definition) is 4. The lowest BCUT2D eigenvalue weighted by Gasteiger charge is -2.40. The number of amides is 1. The summed E-state index contributed by atoms with van der Waals surface area (Å²) in [5.41, 5.74) is 0.119. The van der Waals surface area contributed by atoms with Gasteiger partial charge in [-0.15, -0.1) is 0 Å².